The number of para-hydroxylation sites is 2. The van der Waals surface area contributed by atoms with E-state index >= 15 is 0 Å². The summed E-state index contributed by atoms with van der Waals surface area (Å²) in [7, 11) is 0. The quantitative estimate of drug-likeness (QED) is 0.530. The molecule has 3 aromatic heterocycles. The minimum atomic E-state index is 0. The number of fused-ring (bicyclic) bond motifs is 4. The summed E-state index contributed by atoms with van der Waals surface area (Å²) in [5.74, 6) is 0.893. The molecule has 142 valence electrons. The fourth-order valence-corrected chi connectivity index (χ4v) is 4.61. The van der Waals surface area contributed by atoms with Crippen LogP contribution in [0.15, 0.2) is 35.4 Å². The maximum Gasteiger partial charge on any atom is 0.262 e. The lowest BCUT2D eigenvalue weighted by molar-refractivity contribution is 0.643. The Hall–Kier alpha value is -1.93. The van der Waals surface area contributed by atoms with E-state index in [-0.39, 0.29) is 30.4 Å². The van der Waals surface area contributed by atoms with Gasteiger partial charge in [0.15, 0.2) is 0 Å². The Kier molecular flexibility index (Phi) is 5.86. The molecule has 0 saturated heterocycles. The molecule has 1 aromatic carbocycles. The van der Waals surface area contributed by atoms with Gasteiger partial charge in [-0.1, -0.05) is 12.1 Å². The van der Waals surface area contributed by atoms with E-state index in [0.717, 1.165) is 46.6 Å². The summed E-state index contributed by atoms with van der Waals surface area (Å²) in [6, 6.07) is 7.96. The van der Waals surface area contributed by atoms with Crippen LogP contribution in [0.4, 0.5) is 0 Å². The van der Waals surface area contributed by atoms with Gasteiger partial charge in [-0.15, -0.1) is 36.2 Å². The van der Waals surface area contributed by atoms with Crippen LogP contribution in [0.25, 0.3) is 21.3 Å². The number of benzene rings is 1. The van der Waals surface area contributed by atoms with E-state index in [4.69, 9.17) is 0 Å². The van der Waals surface area contributed by atoms with Crippen molar-refractivity contribution < 1.29 is 0 Å². The van der Waals surface area contributed by atoms with Gasteiger partial charge in [-0.05, 0) is 30.7 Å². The fourth-order valence-electron chi connectivity index (χ4n) is 3.46. The van der Waals surface area contributed by atoms with E-state index in [1.54, 1.807) is 22.2 Å². The highest BCUT2D eigenvalue weighted by Crippen LogP contribution is 2.29. The second kappa shape index (κ2) is 7.98. The Balaban J connectivity index is 0.00000105. The third-order valence-electron chi connectivity index (χ3n) is 4.73. The molecular formula is C18H19Cl2N5OS. The first kappa shape index (κ1) is 19.8. The van der Waals surface area contributed by atoms with Crippen LogP contribution in [-0.4, -0.2) is 26.1 Å². The molecule has 27 heavy (non-hydrogen) atoms. The first-order valence-electron chi connectivity index (χ1n) is 8.43. The van der Waals surface area contributed by atoms with Crippen molar-refractivity contribution in [2.24, 2.45) is 0 Å². The van der Waals surface area contributed by atoms with Crippen molar-refractivity contribution in [2.45, 2.75) is 25.9 Å². The van der Waals surface area contributed by atoms with E-state index in [2.05, 4.69) is 20.3 Å². The van der Waals surface area contributed by atoms with Crippen molar-refractivity contribution in [1.29, 1.82) is 0 Å². The molecule has 0 bridgehead atoms. The van der Waals surface area contributed by atoms with Crippen LogP contribution >= 0.6 is 36.2 Å². The predicted octanol–water partition coefficient (Wildman–Crippen LogP) is 3.07. The summed E-state index contributed by atoms with van der Waals surface area (Å²) in [4.78, 5) is 27.5. The summed E-state index contributed by atoms with van der Waals surface area (Å²) in [5.41, 5.74) is 3.24. The number of nitrogens with zero attached hydrogens (tertiary/aromatic N) is 3. The van der Waals surface area contributed by atoms with Gasteiger partial charge in [0.1, 0.15) is 10.7 Å². The van der Waals surface area contributed by atoms with E-state index in [1.165, 1.54) is 10.4 Å². The number of aryl methyl sites for hydroxylation is 2. The first-order chi connectivity index (χ1) is 12.3. The Labute approximate surface area is 171 Å². The zero-order valence-corrected chi connectivity index (χ0v) is 16.8. The van der Waals surface area contributed by atoms with Crippen molar-refractivity contribution >= 4 is 57.4 Å². The average molecular weight is 424 g/mol. The highest BCUT2D eigenvalue weighted by Gasteiger charge is 2.19. The van der Waals surface area contributed by atoms with Crippen LogP contribution < -0.4 is 10.9 Å². The second-order valence-electron chi connectivity index (χ2n) is 6.30. The Bertz CT molecular complexity index is 1120. The van der Waals surface area contributed by atoms with Gasteiger partial charge in [0.2, 0.25) is 0 Å². The van der Waals surface area contributed by atoms with Gasteiger partial charge < -0.3 is 10.3 Å². The zero-order chi connectivity index (χ0) is 16.8. The minimum absolute atomic E-state index is 0. The molecule has 0 aliphatic carbocycles. The molecule has 0 spiro atoms. The Morgan fingerprint density at radius 1 is 1.22 bits per heavy atom. The van der Waals surface area contributed by atoms with Crippen LogP contribution in [-0.2, 0) is 25.9 Å². The molecule has 0 unspecified atom stereocenters. The summed E-state index contributed by atoms with van der Waals surface area (Å²) >= 11 is 1.63. The minimum Gasteiger partial charge on any atom is -0.342 e. The molecule has 0 saturated carbocycles. The summed E-state index contributed by atoms with van der Waals surface area (Å²) in [6.45, 7) is 2.34. The van der Waals surface area contributed by atoms with Gasteiger partial charge in [-0.3, -0.25) is 9.36 Å². The molecule has 0 fully saturated rings. The number of H-pyrrole nitrogens is 1. The van der Waals surface area contributed by atoms with E-state index in [1.807, 2.05) is 24.3 Å². The summed E-state index contributed by atoms with van der Waals surface area (Å²) in [5, 5.41) is 4.17. The molecule has 0 atom stereocenters. The largest absolute Gasteiger partial charge is 0.342 e. The molecule has 4 aromatic rings. The first-order valence-corrected chi connectivity index (χ1v) is 9.25. The van der Waals surface area contributed by atoms with E-state index < -0.39 is 0 Å². The molecule has 9 heteroatoms. The van der Waals surface area contributed by atoms with Crippen molar-refractivity contribution in [2.75, 3.05) is 6.54 Å². The van der Waals surface area contributed by atoms with Crippen LogP contribution in [0.2, 0.25) is 0 Å². The third-order valence-corrected chi connectivity index (χ3v) is 5.87. The number of aromatic nitrogens is 4. The fraction of sp³-hybridized carbons (Fsp3) is 0.278. The lowest BCUT2D eigenvalue weighted by Crippen LogP contribution is -2.25. The number of aromatic amines is 1. The smallest absolute Gasteiger partial charge is 0.262 e. The maximum absolute atomic E-state index is 12.9. The SMILES string of the molecule is Cl.Cl.O=c1c2c3c(sc2ncn1CCc1nc2ccccc2[nH]1)CNCC3. The topological polar surface area (TPSA) is 75.6 Å². The number of hydrogen-bond donors (Lipinski definition) is 2. The van der Waals surface area contributed by atoms with Gasteiger partial charge >= 0.3 is 0 Å². The van der Waals surface area contributed by atoms with Crippen LogP contribution in [0.3, 0.4) is 0 Å². The van der Waals surface area contributed by atoms with Gasteiger partial charge in [0.05, 0.1) is 22.7 Å². The molecule has 2 N–H and O–H groups in total. The van der Waals surface area contributed by atoms with E-state index in [0.29, 0.717) is 13.0 Å². The lowest BCUT2D eigenvalue weighted by Gasteiger charge is -2.12. The van der Waals surface area contributed by atoms with Gasteiger partial charge in [0, 0.05) is 24.4 Å². The van der Waals surface area contributed by atoms with Crippen molar-refractivity contribution in [3.8, 4) is 0 Å². The lowest BCUT2D eigenvalue weighted by atomic mass is 10.1. The van der Waals surface area contributed by atoms with Crippen LogP contribution in [0.5, 0.6) is 0 Å². The number of nitrogens with one attached hydrogen (secondary N) is 2. The third kappa shape index (κ3) is 3.48. The molecular weight excluding hydrogens is 405 g/mol. The molecule has 1 aliphatic rings. The van der Waals surface area contributed by atoms with Crippen molar-refractivity contribution in [1.82, 2.24) is 24.8 Å². The standard InChI is InChI=1S/C18H17N5OS.2ClH/c24-18-16-11-5-7-19-9-14(11)25-17(16)20-10-23(18)8-6-15-21-12-3-1-2-4-13(12)22-15;;/h1-4,10,19H,5-9H2,(H,21,22);2*1H. The normalized spacial score (nSPS) is 13.2. The van der Waals surface area contributed by atoms with Gasteiger partial charge in [-0.25, -0.2) is 9.97 Å². The molecule has 0 amide bonds. The number of halogens is 2. The average Bonchev–Trinajstić information content (AvgIpc) is 3.22. The molecule has 1 aliphatic heterocycles. The number of rotatable bonds is 3. The monoisotopic (exact) mass is 423 g/mol. The predicted molar refractivity (Wildman–Crippen MR) is 114 cm³/mol. The highest BCUT2D eigenvalue weighted by molar-refractivity contribution is 7.18. The van der Waals surface area contributed by atoms with E-state index in [9.17, 15) is 4.79 Å². The van der Waals surface area contributed by atoms with Crippen molar-refractivity contribution in [3.63, 3.8) is 0 Å². The van der Waals surface area contributed by atoms with Crippen LogP contribution in [0.1, 0.15) is 16.3 Å². The molecule has 5 rings (SSSR count). The zero-order valence-electron chi connectivity index (χ0n) is 14.4. The van der Waals surface area contributed by atoms with Gasteiger partial charge in [-0.2, -0.15) is 0 Å². The Morgan fingerprint density at radius 2 is 2.07 bits per heavy atom. The number of imidazole rings is 1. The summed E-state index contributed by atoms with van der Waals surface area (Å²) < 4.78 is 1.71. The second-order valence-corrected chi connectivity index (χ2v) is 7.39. The number of hydrogen-bond acceptors (Lipinski definition) is 5. The van der Waals surface area contributed by atoms with Crippen molar-refractivity contribution in [3.05, 3.63) is 57.2 Å². The molecule has 4 heterocycles. The summed E-state index contributed by atoms with van der Waals surface area (Å²) in [6.07, 6.45) is 3.25. The molecule has 6 nitrogen and oxygen atoms in total. The Morgan fingerprint density at radius 3 is 2.93 bits per heavy atom. The maximum atomic E-state index is 12.9. The van der Waals surface area contributed by atoms with Crippen LogP contribution in [0, 0.1) is 0 Å². The highest BCUT2D eigenvalue weighted by atomic mass is 35.5. The number of thiophene rings is 1. The van der Waals surface area contributed by atoms with Gasteiger partial charge in [0.25, 0.3) is 5.56 Å². The molecule has 0 radical (unpaired) electrons.